The van der Waals surface area contributed by atoms with Gasteiger partial charge in [0, 0.05) is 0 Å². The Bertz CT molecular complexity index is 265. The minimum Gasteiger partial charge on any atom is -0.367 e. The van der Waals surface area contributed by atoms with Crippen LogP contribution in [0.2, 0.25) is 0 Å². The highest BCUT2D eigenvalue weighted by Gasteiger charge is 2.19. The normalized spacial score (nSPS) is 12.7. The summed E-state index contributed by atoms with van der Waals surface area (Å²) in [4.78, 5) is 10.0. The van der Waals surface area contributed by atoms with Gasteiger partial charge in [-0.25, -0.2) is 0 Å². The summed E-state index contributed by atoms with van der Waals surface area (Å²) in [6.45, 7) is 0. The summed E-state index contributed by atoms with van der Waals surface area (Å²) in [5.74, 6) is 0. The first-order chi connectivity index (χ1) is 5.75. The largest absolute Gasteiger partial charge is 0.367 e. The molecule has 0 aromatic heterocycles. The van der Waals surface area contributed by atoms with Gasteiger partial charge in [0.25, 0.3) is 0 Å². The average molecular weight is 183 g/mol. The third-order valence-electron chi connectivity index (χ3n) is 1.50. The lowest BCUT2D eigenvalue weighted by Crippen LogP contribution is -2.12. The highest BCUT2D eigenvalue weighted by molar-refractivity contribution is 5.98. The van der Waals surface area contributed by atoms with Crippen molar-refractivity contribution in [1.82, 2.24) is 0 Å². The fourth-order valence-corrected chi connectivity index (χ4v) is 1.41. The Morgan fingerprint density at radius 2 is 2.00 bits per heavy atom. The predicted molar refractivity (Wildman–Crippen MR) is 47.2 cm³/mol. The number of rotatable bonds is 3. The van der Waals surface area contributed by atoms with E-state index in [-0.39, 0.29) is 0 Å². The molecule has 1 atom stereocenters. The maximum Gasteiger partial charge on any atom is 0.332 e. The van der Waals surface area contributed by atoms with Gasteiger partial charge in [0.1, 0.15) is 0 Å². The van der Waals surface area contributed by atoms with Crippen LogP contribution in [0.15, 0.2) is 30.3 Å². The van der Waals surface area contributed by atoms with Crippen LogP contribution in [0, 0.1) is 10.1 Å². The molecule has 0 amide bonds. The van der Waals surface area contributed by atoms with Gasteiger partial charge in [-0.2, -0.15) is 0 Å². The van der Waals surface area contributed by atoms with E-state index >= 15 is 0 Å². The molecule has 0 N–H and O–H groups in total. The molecular formula is C7H9NO3Si. The molecule has 1 rings (SSSR count). The van der Waals surface area contributed by atoms with E-state index in [1.54, 1.807) is 24.3 Å². The summed E-state index contributed by atoms with van der Waals surface area (Å²) in [6.07, 6.45) is -0.988. The fourth-order valence-electron chi connectivity index (χ4n) is 0.962. The van der Waals surface area contributed by atoms with E-state index in [1.807, 2.05) is 6.07 Å². The predicted octanol–water partition coefficient (Wildman–Crippen LogP) is 0.259. The molecule has 12 heavy (non-hydrogen) atoms. The lowest BCUT2D eigenvalue weighted by Gasteiger charge is -2.06. The second kappa shape index (κ2) is 3.98. The summed E-state index contributed by atoms with van der Waals surface area (Å²) in [5, 5.41) is 10.4. The van der Waals surface area contributed by atoms with E-state index in [9.17, 15) is 10.1 Å². The number of nitro groups is 1. The maximum atomic E-state index is 10.4. The van der Waals surface area contributed by atoms with Crippen molar-refractivity contribution in [3.05, 3.63) is 46.0 Å². The zero-order chi connectivity index (χ0) is 8.97. The van der Waals surface area contributed by atoms with Crippen molar-refractivity contribution in [3.63, 3.8) is 0 Å². The Hall–Kier alpha value is -1.20. The zero-order valence-electron chi connectivity index (χ0n) is 6.64. The van der Waals surface area contributed by atoms with Crippen LogP contribution in [-0.4, -0.2) is 15.4 Å². The van der Waals surface area contributed by atoms with Crippen molar-refractivity contribution in [3.8, 4) is 0 Å². The topological polar surface area (TPSA) is 52.4 Å². The molecule has 0 aliphatic carbocycles. The van der Waals surface area contributed by atoms with E-state index < -0.39 is 11.2 Å². The summed E-state index contributed by atoms with van der Waals surface area (Å²) < 4.78 is 4.84. The molecule has 0 aliphatic rings. The van der Waals surface area contributed by atoms with Gasteiger partial charge in [0.05, 0.1) is 10.5 Å². The van der Waals surface area contributed by atoms with Crippen LogP contribution < -0.4 is 0 Å². The molecule has 0 saturated heterocycles. The van der Waals surface area contributed by atoms with Crippen LogP contribution in [0.5, 0.6) is 0 Å². The standard InChI is InChI=1S/C7H9NO3Si/c9-8(10)7(11-12)6-4-2-1-3-5-6/h1-5,7H,12H3. The van der Waals surface area contributed by atoms with Gasteiger partial charge in [0.15, 0.2) is 10.5 Å². The molecule has 0 bridgehead atoms. The molecule has 0 fully saturated rings. The van der Waals surface area contributed by atoms with Crippen LogP contribution in [-0.2, 0) is 4.43 Å². The Kier molecular flexibility index (Phi) is 2.95. The third kappa shape index (κ3) is 1.90. The van der Waals surface area contributed by atoms with Gasteiger partial charge in [-0.1, -0.05) is 18.2 Å². The van der Waals surface area contributed by atoms with Crippen molar-refractivity contribution < 1.29 is 9.35 Å². The van der Waals surface area contributed by atoms with E-state index in [4.69, 9.17) is 4.43 Å². The van der Waals surface area contributed by atoms with Gasteiger partial charge >= 0.3 is 6.23 Å². The Labute approximate surface area is 72.9 Å². The molecule has 0 spiro atoms. The van der Waals surface area contributed by atoms with Gasteiger partial charge in [-0.15, -0.1) is 0 Å². The highest BCUT2D eigenvalue weighted by atomic mass is 28.2. The Morgan fingerprint density at radius 3 is 2.42 bits per heavy atom. The first-order valence-corrected chi connectivity index (χ1v) is 4.28. The van der Waals surface area contributed by atoms with Crippen molar-refractivity contribution in [1.29, 1.82) is 0 Å². The second-order valence-corrected chi connectivity index (χ2v) is 2.76. The molecule has 5 heteroatoms. The van der Waals surface area contributed by atoms with Crippen LogP contribution in [0.4, 0.5) is 0 Å². The minimum atomic E-state index is -0.988. The average Bonchev–Trinajstić information content (AvgIpc) is 2.07. The van der Waals surface area contributed by atoms with E-state index in [0.717, 1.165) is 0 Å². The van der Waals surface area contributed by atoms with E-state index in [2.05, 4.69) is 0 Å². The first kappa shape index (κ1) is 8.89. The van der Waals surface area contributed by atoms with Crippen molar-refractivity contribution >= 4 is 10.5 Å². The van der Waals surface area contributed by atoms with E-state index in [1.165, 1.54) is 0 Å². The lowest BCUT2D eigenvalue weighted by atomic mass is 10.2. The first-order valence-electron chi connectivity index (χ1n) is 3.47. The smallest absolute Gasteiger partial charge is 0.332 e. The summed E-state index contributed by atoms with van der Waals surface area (Å²) in [7, 11) is 0.363. The highest BCUT2D eigenvalue weighted by Crippen LogP contribution is 2.15. The van der Waals surface area contributed by atoms with Crippen LogP contribution >= 0.6 is 0 Å². The number of hydrogen-bond acceptors (Lipinski definition) is 3. The van der Waals surface area contributed by atoms with Crippen LogP contribution in [0.3, 0.4) is 0 Å². The monoisotopic (exact) mass is 183 g/mol. The number of nitrogens with zero attached hydrogens (tertiary/aromatic N) is 1. The Morgan fingerprint density at radius 1 is 1.42 bits per heavy atom. The number of benzene rings is 1. The molecule has 4 nitrogen and oxygen atoms in total. The molecule has 1 unspecified atom stereocenters. The summed E-state index contributed by atoms with van der Waals surface area (Å²) >= 11 is 0. The van der Waals surface area contributed by atoms with Crippen molar-refractivity contribution in [2.24, 2.45) is 0 Å². The molecule has 0 aliphatic heterocycles. The molecule has 64 valence electrons. The lowest BCUT2D eigenvalue weighted by molar-refractivity contribution is -0.571. The molecule has 0 heterocycles. The van der Waals surface area contributed by atoms with Gasteiger partial charge in [-0.05, 0) is 12.1 Å². The molecule has 1 aromatic carbocycles. The van der Waals surface area contributed by atoms with Crippen molar-refractivity contribution in [2.45, 2.75) is 6.23 Å². The van der Waals surface area contributed by atoms with Crippen molar-refractivity contribution in [2.75, 3.05) is 0 Å². The molecular weight excluding hydrogens is 174 g/mol. The quantitative estimate of drug-likeness (QED) is 0.292. The zero-order valence-corrected chi connectivity index (χ0v) is 8.64. The molecule has 1 aromatic rings. The third-order valence-corrected chi connectivity index (χ3v) is 1.95. The van der Waals surface area contributed by atoms with E-state index in [0.29, 0.717) is 16.0 Å². The van der Waals surface area contributed by atoms with Gasteiger partial charge in [-0.3, -0.25) is 10.1 Å². The summed E-state index contributed by atoms with van der Waals surface area (Å²) in [6, 6.07) is 8.70. The van der Waals surface area contributed by atoms with Crippen LogP contribution in [0.1, 0.15) is 11.8 Å². The molecule has 0 saturated carbocycles. The van der Waals surface area contributed by atoms with Gasteiger partial charge in [0.2, 0.25) is 0 Å². The van der Waals surface area contributed by atoms with Crippen LogP contribution in [0.25, 0.3) is 0 Å². The number of hydrogen-bond donors (Lipinski definition) is 0. The Balaban J connectivity index is 2.88. The summed E-state index contributed by atoms with van der Waals surface area (Å²) in [5.41, 5.74) is 0.595. The minimum absolute atomic E-state index is 0.363. The van der Waals surface area contributed by atoms with Gasteiger partial charge < -0.3 is 4.43 Å². The maximum absolute atomic E-state index is 10.4. The molecule has 0 radical (unpaired) electrons. The fraction of sp³-hybridized carbons (Fsp3) is 0.143. The second-order valence-electron chi connectivity index (χ2n) is 2.28. The SMILES string of the molecule is O=[N+]([O-])C(O[SiH3])c1ccccc1.